The first-order valence-corrected chi connectivity index (χ1v) is 15.0. The van der Waals surface area contributed by atoms with E-state index in [4.69, 9.17) is 10.7 Å². The zero-order chi connectivity index (χ0) is 25.9. The van der Waals surface area contributed by atoms with Crippen molar-refractivity contribution in [1.82, 2.24) is 24.8 Å². The average molecular weight is 501 g/mol. The molecule has 0 spiro atoms. The number of hydrogen-bond donors (Lipinski definition) is 2. The van der Waals surface area contributed by atoms with Gasteiger partial charge in [0, 0.05) is 12.4 Å². The molecule has 0 bridgehead atoms. The fourth-order valence-electron chi connectivity index (χ4n) is 4.98. The Balaban J connectivity index is 1.94. The van der Waals surface area contributed by atoms with Gasteiger partial charge >= 0.3 is 0 Å². The maximum absolute atomic E-state index is 14.3. The first-order chi connectivity index (χ1) is 17.4. The molecule has 2 aromatic heterocycles. The summed E-state index contributed by atoms with van der Waals surface area (Å²) in [4.78, 5) is 40.2. The topological polar surface area (TPSA) is 116 Å². The lowest BCUT2D eigenvalue weighted by molar-refractivity contribution is 0.0933. The molecule has 3 N–H and O–H groups in total. The summed E-state index contributed by atoms with van der Waals surface area (Å²) in [5.41, 5.74) is 7.10. The fraction of sp³-hybridized carbons (Fsp3) is 0.296. The van der Waals surface area contributed by atoms with Gasteiger partial charge in [-0.3, -0.25) is 14.2 Å². The molecule has 1 amide bonds. The lowest BCUT2D eigenvalue weighted by atomic mass is 10.2. The van der Waals surface area contributed by atoms with Gasteiger partial charge in [-0.25, -0.2) is 15.0 Å². The molecular formula is C27H32N6O2Si. The third-order valence-corrected chi connectivity index (χ3v) is 12.8. The van der Waals surface area contributed by atoms with Gasteiger partial charge in [-0.1, -0.05) is 69.2 Å². The number of hydrogen-bond acceptors (Lipinski definition) is 6. The smallest absolute Gasteiger partial charge is 0.274 e. The minimum atomic E-state index is -1.89. The Labute approximate surface area is 211 Å². The number of aromatic nitrogens is 4. The summed E-state index contributed by atoms with van der Waals surface area (Å²) in [6, 6.07) is 18.0. The molecule has 4 rings (SSSR count). The maximum Gasteiger partial charge on any atom is 0.274 e. The van der Waals surface area contributed by atoms with Gasteiger partial charge in [0.1, 0.15) is 5.82 Å². The summed E-state index contributed by atoms with van der Waals surface area (Å²) in [6.45, 7) is 8.48. The molecule has 2 heterocycles. The molecule has 0 aliphatic carbocycles. The molecule has 0 aliphatic heterocycles. The number of nitrogens with one attached hydrogen (secondary N) is 1. The Morgan fingerprint density at radius 3 is 2.31 bits per heavy atom. The van der Waals surface area contributed by atoms with Crippen LogP contribution in [0.15, 0.2) is 65.7 Å². The van der Waals surface area contributed by atoms with E-state index in [2.05, 4.69) is 42.1 Å². The summed E-state index contributed by atoms with van der Waals surface area (Å²) in [5.74, 6) is -0.00707. The van der Waals surface area contributed by atoms with Crippen LogP contribution in [0.1, 0.15) is 50.0 Å². The number of fused-ring (bicyclic) bond motifs is 1. The number of benzene rings is 2. The van der Waals surface area contributed by atoms with E-state index in [-0.39, 0.29) is 17.1 Å². The van der Waals surface area contributed by atoms with Crippen molar-refractivity contribution >= 4 is 35.9 Å². The number of anilines is 1. The van der Waals surface area contributed by atoms with Crippen molar-refractivity contribution in [3.63, 3.8) is 0 Å². The lowest BCUT2D eigenvalue weighted by Gasteiger charge is -2.30. The zero-order valence-corrected chi connectivity index (χ0v) is 22.2. The normalized spacial score (nSPS) is 12.4. The molecule has 0 radical (unpaired) electrons. The number of amides is 1. The van der Waals surface area contributed by atoms with Crippen molar-refractivity contribution in [3.05, 3.63) is 82.8 Å². The number of carbonyl (C=O) groups is 1. The highest BCUT2D eigenvalue weighted by Crippen LogP contribution is 2.25. The van der Waals surface area contributed by atoms with Gasteiger partial charge in [0.25, 0.3) is 11.5 Å². The Hall–Kier alpha value is -3.85. The SMILES string of the molecule is CC[Si](CC)(CC)c1cccc2nc([C@H](C)NC(=O)c3nccnc3N)n(-c3ccccc3)c(=O)c12. The van der Waals surface area contributed by atoms with E-state index < -0.39 is 20.0 Å². The third-order valence-electron chi connectivity index (χ3n) is 7.22. The fourth-order valence-corrected chi connectivity index (χ4v) is 8.84. The van der Waals surface area contributed by atoms with Crippen LogP contribution in [0, 0.1) is 0 Å². The average Bonchev–Trinajstić information content (AvgIpc) is 2.90. The van der Waals surface area contributed by atoms with E-state index in [0.717, 1.165) is 23.3 Å². The zero-order valence-electron chi connectivity index (χ0n) is 21.2. The van der Waals surface area contributed by atoms with Gasteiger partial charge in [0.15, 0.2) is 11.5 Å². The Morgan fingerprint density at radius 2 is 1.67 bits per heavy atom. The minimum absolute atomic E-state index is 0.0330. The van der Waals surface area contributed by atoms with Crippen LogP contribution < -0.4 is 21.8 Å². The predicted molar refractivity (Wildman–Crippen MR) is 146 cm³/mol. The molecule has 0 aliphatic rings. The quantitative estimate of drug-likeness (QED) is 0.354. The van der Waals surface area contributed by atoms with Gasteiger partial charge in [0.05, 0.1) is 30.7 Å². The van der Waals surface area contributed by atoms with Gasteiger partial charge in [-0.15, -0.1) is 0 Å². The number of para-hydroxylation sites is 1. The highest BCUT2D eigenvalue weighted by Gasteiger charge is 2.33. The van der Waals surface area contributed by atoms with Crippen LogP contribution in [0.5, 0.6) is 0 Å². The van der Waals surface area contributed by atoms with Crippen LogP contribution in [0.2, 0.25) is 18.1 Å². The molecule has 9 heteroatoms. The number of carbonyl (C=O) groups excluding carboxylic acids is 1. The van der Waals surface area contributed by atoms with Crippen molar-refractivity contribution < 1.29 is 4.79 Å². The molecule has 186 valence electrons. The molecule has 36 heavy (non-hydrogen) atoms. The van der Waals surface area contributed by atoms with Crippen LogP contribution in [-0.4, -0.2) is 33.5 Å². The highest BCUT2D eigenvalue weighted by atomic mass is 28.3. The van der Waals surface area contributed by atoms with Gasteiger partial charge in [-0.2, -0.15) is 0 Å². The summed E-state index contributed by atoms with van der Waals surface area (Å²) >= 11 is 0. The van der Waals surface area contributed by atoms with Crippen molar-refractivity contribution in [3.8, 4) is 5.69 Å². The lowest BCUT2D eigenvalue weighted by Crippen LogP contribution is -2.48. The molecule has 1 atom stereocenters. The third kappa shape index (κ3) is 4.42. The van der Waals surface area contributed by atoms with Gasteiger partial charge < -0.3 is 11.1 Å². The van der Waals surface area contributed by atoms with E-state index in [0.29, 0.717) is 22.4 Å². The Morgan fingerprint density at radius 1 is 1.00 bits per heavy atom. The number of nitrogens with zero attached hydrogens (tertiary/aromatic N) is 4. The van der Waals surface area contributed by atoms with Crippen LogP contribution in [-0.2, 0) is 0 Å². The van der Waals surface area contributed by atoms with Crippen LogP contribution in [0.25, 0.3) is 16.6 Å². The second-order valence-electron chi connectivity index (χ2n) is 8.97. The van der Waals surface area contributed by atoms with E-state index in [1.165, 1.54) is 12.4 Å². The Kier molecular flexibility index (Phi) is 7.30. The summed E-state index contributed by atoms with van der Waals surface area (Å²) < 4.78 is 1.62. The van der Waals surface area contributed by atoms with Crippen molar-refractivity contribution in [1.29, 1.82) is 0 Å². The van der Waals surface area contributed by atoms with Gasteiger partial charge in [-0.05, 0) is 30.3 Å². The highest BCUT2D eigenvalue weighted by molar-refractivity contribution is 6.93. The molecule has 0 unspecified atom stereocenters. The molecular weight excluding hydrogens is 468 g/mol. The van der Waals surface area contributed by atoms with E-state index in [1.54, 1.807) is 11.5 Å². The van der Waals surface area contributed by atoms with Crippen LogP contribution >= 0.6 is 0 Å². The van der Waals surface area contributed by atoms with Crippen molar-refractivity contribution in [2.24, 2.45) is 0 Å². The molecule has 0 saturated carbocycles. The molecule has 0 fully saturated rings. The second kappa shape index (κ2) is 10.4. The van der Waals surface area contributed by atoms with Crippen molar-refractivity contribution in [2.75, 3.05) is 5.73 Å². The predicted octanol–water partition coefficient (Wildman–Crippen LogP) is 3.96. The van der Waals surface area contributed by atoms with Crippen LogP contribution in [0.3, 0.4) is 0 Å². The first kappa shape index (κ1) is 25.2. The van der Waals surface area contributed by atoms with E-state index >= 15 is 0 Å². The summed E-state index contributed by atoms with van der Waals surface area (Å²) in [7, 11) is -1.89. The number of rotatable bonds is 8. The van der Waals surface area contributed by atoms with E-state index in [9.17, 15) is 9.59 Å². The molecule has 4 aromatic rings. The first-order valence-electron chi connectivity index (χ1n) is 12.4. The number of nitrogen functional groups attached to an aromatic ring is 1. The molecule has 0 saturated heterocycles. The molecule has 2 aromatic carbocycles. The molecule has 8 nitrogen and oxygen atoms in total. The Bertz CT molecular complexity index is 1440. The second-order valence-corrected chi connectivity index (χ2v) is 14.2. The summed E-state index contributed by atoms with van der Waals surface area (Å²) in [5, 5.41) is 4.74. The van der Waals surface area contributed by atoms with E-state index in [1.807, 2.05) is 42.5 Å². The standard InChI is InChI=1S/C27H32N6O2Si/c1-5-36(6-2,7-3)21-15-11-14-20-22(21)27(35)33(19-12-9-8-10-13-19)25(32-20)18(4)31-26(34)23-24(28)30-17-16-29-23/h8-18H,5-7H2,1-4H3,(H2,28,30)(H,31,34)/t18-/m0/s1. The monoisotopic (exact) mass is 500 g/mol. The van der Waals surface area contributed by atoms with Gasteiger partial charge in [0.2, 0.25) is 0 Å². The van der Waals surface area contributed by atoms with Crippen molar-refractivity contribution in [2.45, 2.75) is 51.9 Å². The largest absolute Gasteiger partial charge is 0.382 e. The van der Waals surface area contributed by atoms with Crippen LogP contribution in [0.4, 0.5) is 5.82 Å². The maximum atomic E-state index is 14.3. The summed E-state index contributed by atoms with van der Waals surface area (Å²) in [6.07, 6.45) is 2.84. The minimum Gasteiger partial charge on any atom is -0.382 e. The number of nitrogens with two attached hydrogens (primary N) is 1.